The SMILES string of the molecule is Cc1ccnc(CSc2nc3ccc(N)cc3[nH]2)c1C. The Balaban J connectivity index is 1.81. The van der Waals surface area contributed by atoms with E-state index in [0.717, 1.165) is 33.3 Å². The van der Waals surface area contributed by atoms with E-state index < -0.39 is 0 Å². The molecular formula is C15H16N4S. The van der Waals surface area contributed by atoms with Gasteiger partial charge in [0.2, 0.25) is 0 Å². The molecule has 0 saturated heterocycles. The monoisotopic (exact) mass is 284 g/mol. The van der Waals surface area contributed by atoms with E-state index in [1.54, 1.807) is 11.8 Å². The van der Waals surface area contributed by atoms with Crippen LogP contribution < -0.4 is 5.73 Å². The Hall–Kier alpha value is -2.01. The summed E-state index contributed by atoms with van der Waals surface area (Å²) in [6.45, 7) is 4.21. The Morgan fingerprint density at radius 2 is 2.10 bits per heavy atom. The fraction of sp³-hybridized carbons (Fsp3) is 0.200. The van der Waals surface area contributed by atoms with Crippen molar-refractivity contribution in [2.75, 3.05) is 5.73 Å². The van der Waals surface area contributed by atoms with Gasteiger partial charge in [0.05, 0.1) is 16.7 Å². The highest BCUT2D eigenvalue weighted by Crippen LogP contribution is 2.25. The molecule has 0 amide bonds. The van der Waals surface area contributed by atoms with Gasteiger partial charge in [-0.2, -0.15) is 0 Å². The number of anilines is 1. The number of aryl methyl sites for hydroxylation is 1. The van der Waals surface area contributed by atoms with Crippen molar-refractivity contribution in [2.24, 2.45) is 0 Å². The van der Waals surface area contributed by atoms with Gasteiger partial charge >= 0.3 is 0 Å². The van der Waals surface area contributed by atoms with Crippen molar-refractivity contribution in [3.63, 3.8) is 0 Å². The maximum absolute atomic E-state index is 5.77. The number of aromatic nitrogens is 3. The van der Waals surface area contributed by atoms with Gasteiger partial charge in [0, 0.05) is 17.6 Å². The Kier molecular flexibility index (Phi) is 3.36. The van der Waals surface area contributed by atoms with E-state index in [0.29, 0.717) is 0 Å². The van der Waals surface area contributed by atoms with Crippen LogP contribution in [0.2, 0.25) is 0 Å². The van der Waals surface area contributed by atoms with Crippen LogP contribution in [0.25, 0.3) is 11.0 Å². The zero-order valence-corrected chi connectivity index (χ0v) is 12.3. The van der Waals surface area contributed by atoms with E-state index in [1.165, 1.54) is 11.1 Å². The van der Waals surface area contributed by atoms with Gasteiger partial charge in [-0.25, -0.2) is 4.98 Å². The van der Waals surface area contributed by atoms with Crippen LogP contribution in [0.5, 0.6) is 0 Å². The number of thioether (sulfide) groups is 1. The maximum Gasteiger partial charge on any atom is 0.166 e. The minimum atomic E-state index is 0.744. The predicted octanol–water partition coefficient (Wildman–Crippen LogP) is 3.45. The summed E-state index contributed by atoms with van der Waals surface area (Å²) in [5.74, 6) is 0.808. The molecule has 0 bridgehead atoms. The van der Waals surface area contributed by atoms with Crippen LogP contribution in [0, 0.1) is 13.8 Å². The number of H-pyrrole nitrogens is 1. The summed E-state index contributed by atoms with van der Waals surface area (Å²) in [4.78, 5) is 12.3. The molecule has 0 atom stereocenters. The first-order chi connectivity index (χ1) is 9.63. The van der Waals surface area contributed by atoms with Crippen LogP contribution in [-0.4, -0.2) is 15.0 Å². The molecule has 3 aromatic rings. The molecule has 2 aromatic heterocycles. The van der Waals surface area contributed by atoms with Crippen molar-refractivity contribution in [1.82, 2.24) is 15.0 Å². The number of benzene rings is 1. The maximum atomic E-state index is 5.77. The Labute approximate surface area is 121 Å². The lowest BCUT2D eigenvalue weighted by molar-refractivity contribution is 1.06. The molecule has 0 radical (unpaired) electrons. The first kappa shape index (κ1) is 13.0. The van der Waals surface area contributed by atoms with Crippen LogP contribution >= 0.6 is 11.8 Å². The highest BCUT2D eigenvalue weighted by molar-refractivity contribution is 7.98. The number of fused-ring (bicyclic) bond motifs is 1. The lowest BCUT2D eigenvalue weighted by Gasteiger charge is -2.05. The smallest absolute Gasteiger partial charge is 0.166 e. The van der Waals surface area contributed by atoms with Gasteiger partial charge < -0.3 is 10.7 Å². The van der Waals surface area contributed by atoms with Crippen molar-refractivity contribution in [2.45, 2.75) is 24.8 Å². The van der Waals surface area contributed by atoms with E-state index in [4.69, 9.17) is 5.73 Å². The predicted molar refractivity (Wildman–Crippen MR) is 83.8 cm³/mol. The first-order valence-electron chi connectivity index (χ1n) is 6.42. The van der Waals surface area contributed by atoms with Gasteiger partial charge in [-0.1, -0.05) is 11.8 Å². The van der Waals surface area contributed by atoms with E-state index >= 15 is 0 Å². The lowest BCUT2D eigenvalue weighted by atomic mass is 10.1. The third kappa shape index (κ3) is 2.49. The van der Waals surface area contributed by atoms with E-state index in [-0.39, 0.29) is 0 Å². The Bertz CT molecular complexity index is 764. The third-order valence-electron chi connectivity index (χ3n) is 3.41. The molecule has 0 aliphatic rings. The molecule has 20 heavy (non-hydrogen) atoms. The van der Waals surface area contributed by atoms with Crippen molar-refractivity contribution >= 4 is 28.5 Å². The first-order valence-corrected chi connectivity index (χ1v) is 7.41. The normalized spacial score (nSPS) is 11.1. The molecule has 102 valence electrons. The average molecular weight is 284 g/mol. The number of hydrogen-bond donors (Lipinski definition) is 2. The van der Waals surface area contributed by atoms with E-state index in [2.05, 4.69) is 28.8 Å². The summed E-state index contributed by atoms with van der Waals surface area (Å²) < 4.78 is 0. The number of nitrogens with zero attached hydrogens (tertiary/aromatic N) is 2. The fourth-order valence-corrected chi connectivity index (χ4v) is 2.95. The topological polar surface area (TPSA) is 67.6 Å². The Morgan fingerprint density at radius 1 is 1.25 bits per heavy atom. The zero-order chi connectivity index (χ0) is 14.1. The summed E-state index contributed by atoms with van der Waals surface area (Å²) >= 11 is 1.66. The van der Waals surface area contributed by atoms with Crippen molar-refractivity contribution < 1.29 is 0 Å². The number of hydrogen-bond acceptors (Lipinski definition) is 4. The second-order valence-electron chi connectivity index (χ2n) is 4.81. The number of aromatic amines is 1. The standard InChI is InChI=1S/C15H16N4S/c1-9-5-6-17-14(10(9)2)8-20-15-18-12-4-3-11(16)7-13(12)19-15/h3-7H,8,16H2,1-2H3,(H,18,19). The molecule has 0 aliphatic heterocycles. The van der Waals surface area contributed by atoms with E-state index in [9.17, 15) is 0 Å². The summed E-state index contributed by atoms with van der Waals surface area (Å²) in [7, 11) is 0. The van der Waals surface area contributed by atoms with E-state index in [1.807, 2.05) is 30.5 Å². The van der Waals surface area contributed by atoms with Crippen LogP contribution in [-0.2, 0) is 5.75 Å². The Morgan fingerprint density at radius 3 is 2.95 bits per heavy atom. The molecule has 0 fully saturated rings. The largest absolute Gasteiger partial charge is 0.399 e. The molecule has 3 rings (SSSR count). The van der Waals surface area contributed by atoms with Crippen molar-refractivity contribution in [3.8, 4) is 0 Å². The minimum absolute atomic E-state index is 0.744. The number of nitrogen functional groups attached to an aromatic ring is 1. The van der Waals surface area contributed by atoms with Crippen LogP contribution in [0.1, 0.15) is 16.8 Å². The van der Waals surface area contributed by atoms with Gasteiger partial charge in [0.15, 0.2) is 5.16 Å². The number of imidazole rings is 1. The molecule has 0 saturated carbocycles. The van der Waals surface area contributed by atoms with Crippen molar-refractivity contribution in [3.05, 3.63) is 47.3 Å². The van der Waals surface area contributed by atoms with Crippen molar-refractivity contribution in [1.29, 1.82) is 0 Å². The minimum Gasteiger partial charge on any atom is -0.399 e. The lowest BCUT2D eigenvalue weighted by Crippen LogP contribution is -1.94. The fourth-order valence-electron chi connectivity index (χ4n) is 2.04. The zero-order valence-electron chi connectivity index (χ0n) is 11.5. The molecule has 2 heterocycles. The van der Waals surface area contributed by atoms with Crippen LogP contribution in [0.15, 0.2) is 35.6 Å². The van der Waals surface area contributed by atoms with Crippen LogP contribution in [0.4, 0.5) is 5.69 Å². The molecule has 1 aromatic carbocycles. The molecule has 0 unspecified atom stereocenters. The second kappa shape index (κ2) is 5.17. The second-order valence-corrected chi connectivity index (χ2v) is 5.77. The van der Waals surface area contributed by atoms with Gasteiger partial charge in [0.25, 0.3) is 0 Å². The molecule has 5 heteroatoms. The highest BCUT2D eigenvalue weighted by Gasteiger charge is 2.07. The summed E-state index contributed by atoms with van der Waals surface area (Å²) in [5, 5.41) is 0.897. The van der Waals surface area contributed by atoms with Gasteiger partial charge in [-0.05, 0) is 49.2 Å². The third-order valence-corrected chi connectivity index (χ3v) is 4.29. The molecule has 4 nitrogen and oxygen atoms in total. The molecule has 3 N–H and O–H groups in total. The summed E-state index contributed by atoms with van der Waals surface area (Å²) in [6, 6.07) is 7.74. The van der Waals surface area contributed by atoms with Crippen LogP contribution in [0.3, 0.4) is 0 Å². The van der Waals surface area contributed by atoms with Gasteiger partial charge in [-0.3, -0.25) is 4.98 Å². The average Bonchev–Trinajstić information content (AvgIpc) is 2.82. The van der Waals surface area contributed by atoms with Gasteiger partial charge in [0.1, 0.15) is 0 Å². The number of pyridine rings is 1. The molecular weight excluding hydrogens is 268 g/mol. The number of rotatable bonds is 3. The summed E-state index contributed by atoms with van der Waals surface area (Å²) in [5.41, 5.74) is 12.1. The molecule has 0 spiro atoms. The van der Waals surface area contributed by atoms with Gasteiger partial charge in [-0.15, -0.1) is 0 Å². The highest BCUT2D eigenvalue weighted by atomic mass is 32.2. The number of nitrogens with two attached hydrogens (primary N) is 1. The molecule has 0 aliphatic carbocycles. The summed E-state index contributed by atoms with van der Waals surface area (Å²) in [6.07, 6.45) is 1.86. The number of nitrogens with one attached hydrogen (secondary N) is 1. The quantitative estimate of drug-likeness (QED) is 0.571.